The highest BCUT2D eigenvalue weighted by molar-refractivity contribution is 7.22. The maximum absolute atomic E-state index is 10.2. The van der Waals surface area contributed by atoms with E-state index in [1.54, 1.807) is 11.3 Å². The highest BCUT2D eigenvalue weighted by Gasteiger charge is 2.23. The molecule has 2 aromatic heterocycles. The number of hydrogen-bond donors (Lipinski definition) is 2. The number of nitrogens with one attached hydrogen (secondary N) is 1. The zero-order valence-corrected chi connectivity index (χ0v) is 16.8. The van der Waals surface area contributed by atoms with E-state index < -0.39 is 0 Å². The number of hydrogen-bond acceptors (Lipinski definition) is 5. The maximum Gasteiger partial charge on any atom is 0.184 e. The fourth-order valence-corrected chi connectivity index (χ4v) is 5.03. The molecule has 1 fully saturated rings. The Morgan fingerprint density at radius 3 is 2.90 bits per heavy atom. The average Bonchev–Trinajstić information content (AvgIpc) is 3.32. The molecule has 0 saturated heterocycles. The first-order chi connectivity index (χ1) is 14.2. The Labute approximate surface area is 173 Å². The number of aliphatic hydroxyl groups is 1. The van der Waals surface area contributed by atoms with Crippen molar-refractivity contribution >= 4 is 37.7 Å². The lowest BCUT2D eigenvalue weighted by Crippen LogP contribution is -2.36. The van der Waals surface area contributed by atoms with Crippen LogP contribution >= 0.6 is 11.3 Å². The summed E-state index contributed by atoms with van der Waals surface area (Å²) in [6, 6.07) is 12.4. The molecule has 146 valence electrons. The van der Waals surface area contributed by atoms with Gasteiger partial charge < -0.3 is 15.0 Å². The van der Waals surface area contributed by atoms with Gasteiger partial charge in [-0.1, -0.05) is 36.2 Å². The van der Waals surface area contributed by atoms with Crippen molar-refractivity contribution in [3.05, 3.63) is 53.9 Å². The van der Waals surface area contributed by atoms with Gasteiger partial charge in [0.1, 0.15) is 0 Å². The number of aliphatic hydroxyl groups excluding tert-OH is 1. The summed E-state index contributed by atoms with van der Waals surface area (Å²) in [6.45, 7) is 0.725. The van der Waals surface area contributed by atoms with E-state index in [-0.39, 0.29) is 12.1 Å². The fraction of sp³-hybridized carbons (Fsp3) is 0.304. The molecule has 1 aliphatic carbocycles. The Morgan fingerprint density at radius 2 is 2.03 bits per heavy atom. The molecule has 0 amide bonds. The molecular weight excluding hydrogens is 380 g/mol. The predicted octanol–water partition coefficient (Wildman–Crippen LogP) is 4.39. The van der Waals surface area contributed by atoms with Gasteiger partial charge in [0, 0.05) is 12.1 Å². The number of terminal acetylenes is 1. The summed E-state index contributed by atoms with van der Waals surface area (Å²) in [5.41, 5.74) is 5.02. The number of rotatable bonds is 4. The normalized spacial score (nSPS) is 19.4. The number of benzene rings is 2. The number of imidazole rings is 1. The molecule has 0 unspecified atom stereocenters. The smallest absolute Gasteiger partial charge is 0.184 e. The van der Waals surface area contributed by atoms with Crippen LogP contribution in [0.25, 0.3) is 21.3 Å². The molecule has 0 radical (unpaired) electrons. The van der Waals surface area contributed by atoms with Gasteiger partial charge in [0.2, 0.25) is 0 Å². The molecule has 0 bridgehead atoms. The third-order valence-corrected chi connectivity index (χ3v) is 6.58. The molecule has 2 atom stereocenters. The van der Waals surface area contributed by atoms with Crippen LogP contribution in [0.3, 0.4) is 0 Å². The van der Waals surface area contributed by atoms with Crippen molar-refractivity contribution in [2.24, 2.45) is 0 Å². The van der Waals surface area contributed by atoms with Crippen LogP contribution in [-0.2, 0) is 6.54 Å². The lowest BCUT2D eigenvalue weighted by atomic mass is 9.93. The molecular formula is C23H22N4OS. The van der Waals surface area contributed by atoms with E-state index in [0.29, 0.717) is 0 Å². The number of thiazole rings is 1. The molecule has 0 aliphatic heterocycles. The van der Waals surface area contributed by atoms with Gasteiger partial charge in [-0.2, -0.15) is 0 Å². The Balaban J connectivity index is 1.39. The van der Waals surface area contributed by atoms with Gasteiger partial charge in [-0.3, -0.25) is 0 Å². The highest BCUT2D eigenvalue weighted by Crippen LogP contribution is 2.30. The minimum Gasteiger partial charge on any atom is -0.391 e. The third-order valence-electron chi connectivity index (χ3n) is 5.63. The van der Waals surface area contributed by atoms with Crippen molar-refractivity contribution in [2.75, 3.05) is 5.32 Å². The molecule has 5 rings (SSSR count). The first kappa shape index (κ1) is 18.2. The molecule has 29 heavy (non-hydrogen) atoms. The van der Waals surface area contributed by atoms with Crippen molar-refractivity contribution in [1.82, 2.24) is 14.5 Å². The summed E-state index contributed by atoms with van der Waals surface area (Å²) < 4.78 is 3.26. The Hall–Kier alpha value is -2.88. The molecule has 4 aromatic rings. The minimum atomic E-state index is -0.284. The van der Waals surface area contributed by atoms with E-state index >= 15 is 0 Å². The maximum atomic E-state index is 10.2. The molecule has 1 saturated carbocycles. The van der Waals surface area contributed by atoms with Crippen LogP contribution in [0.15, 0.2) is 42.7 Å². The van der Waals surface area contributed by atoms with E-state index in [0.717, 1.165) is 64.2 Å². The van der Waals surface area contributed by atoms with Gasteiger partial charge in [0.25, 0.3) is 0 Å². The summed E-state index contributed by atoms with van der Waals surface area (Å²) in [7, 11) is 0. The van der Waals surface area contributed by atoms with E-state index in [1.807, 2.05) is 24.5 Å². The summed E-state index contributed by atoms with van der Waals surface area (Å²) in [5, 5.41) is 14.5. The second kappa shape index (κ2) is 7.51. The van der Waals surface area contributed by atoms with Gasteiger partial charge in [-0.25, -0.2) is 9.97 Å². The average molecular weight is 403 g/mol. The topological polar surface area (TPSA) is 63.0 Å². The van der Waals surface area contributed by atoms with Crippen LogP contribution in [0.5, 0.6) is 0 Å². The van der Waals surface area contributed by atoms with Gasteiger partial charge in [0.05, 0.1) is 39.7 Å². The Bertz CT molecular complexity index is 1220. The fourth-order valence-electron chi connectivity index (χ4n) is 4.04. The van der Waals surface area contributed by atoms with Crippen LogP contribution in [-0.4, -0.2) is 31.8 Å². The first-order valence-electron chi connectivity index (χ1n) is 9.95. The molecule has 1 aliphatic rings. The largest absolute Gasteiger partial charge is 0.391 e. The lowest BCUT2D eigenvalue weighted by molar-refractivity contribution is 0.116. The zero-order valence-electron chi connectivity index (χ0n) is 16.0. The van der Waals surface area contributed by atoms with Crippen LogP contribution in [0.1, 0.15) is 36.8 Å². The SMILES string of the molecule is C#Cc1ccc2ncn(Cc3ccc4nc(N[C@@H]5CCCC[C@H]5O)sc4c3)c2c1. The highest BCUT2D eigenvalue weighted by atomic mass is 32.1. The zero-order chi connectivity index (χ0) is 19.8. The Kier molecular flexibility index (Phi) is 4.70. The van der Waals surface area contributed by atoms with E-state index in [2.05, 4.69) is 39.0 Å². The predicted molar refractivity (Wildman–Crippen MR) is 118 cm³/mol. The van der Waals surface area contributed by atoms with Crippen molar-refractivity contribution < 1.29 is 5.11 Å². The minimum absolute atomic E-state index is 0.103. The van der Waals surface area contributed by atoms with Gasteiger partial charge >= 0.3 is 0 Å². The molecule has 6 heteroatoms. The van der Waals surface area contributed by atoms with E-state index in [1.165, 1.54) is 5.56 Å². The monoisotopic (exact) mass is 402 g/mol. The molecule has 2 N–H and O–H groups in total. The van der Waals surface area contributed by atoms with E-state index in [9.17, 15) is 5.11 Å². The Morgan fingerprint density at radius 1 is 1.17 bits per heavy atom. The summed E-state index contributed by atoms with van der Waals surface area (Å²) in [4.78, 5) is 9.19. The number of aromatic nitrogens is 3. The lowest BCUT2D eigenvalue weighted by Gasteiger charge is -2.27. The van der Waals surface area contributed by atoms with Crippen LogP contribution < -0.4 is 5.32 Å². The second-order valence-corrected chi connectivity index (χ2v) is 8.67. The summed E-state index contributed by atoms with van der Waals surface area (Å²) in [6.07, 6.45) is 11.2. The van der Waals surface area contributed by atoms with Gasteiger partial charge in [-0.15, -0.1) is 6.42 Å². The first-order valence-corrected chi connectivity index (χ1v) is 10.8. The van der Waals surface area contributed by atoms with Crippen LogP contribution in [0.4, 0.5) is 5.13 Å². The number of fused-ring (bicyclic) bond motifs is 2. The number of nitrogens with zero attached hydrogens (tertiary/aromatic N) is 3. The second-order valence-electron chi connectivity index (χ2n) is 7.64. The standard InChI is InChI=1S/C23H22N4OS/c1-2-15-7-9-17-20(11-15)27(14-24-17)13-16-8-10-19-22(12-16)29-23(26-19)25-18-5-3-4-6-21(18)28/h1,7-12,14,18,21,28H,3-6,13H2,(H,25,26)/t18-,21-/m1/s1. The van der Waals surface area contributed by atoms with Crippen LogP contribution in [0, 0.1) is 12.3 Å². The molecule has 2 heterocycles. The molecule has 2 aromatic carbocycles. The van der Waals surface area contributed by atoms with Crippen LogP contribution in [0.2, 0.25) is 0 Å². The quantitative estimate of drug-likeness (QED) is 0.497. The van der Waals surface area contributed by atoms with Crippen molar-refractivity contribution in [3.8, 4) is 12.3 Å². The number of anilines is 1. The molecule has 5 nitrogen and oxygen atoms in total. The summed E-state index contributed by atoms with van der Waals surface area (Å²) >= 11 is 1.64. The third kappa shape index (κ3) is 3.59. The van der Waals surface area contributed by atoms with Crippen molar-refractivity contribution in [1.29, 1.82) is 0 Å². The van der Waals surface area contributed by atoms with E-state index in [4.69, 9.17) is 11.4 Å². The molecule has 0 spiro atoms. The van der Waals surface area contributed by atoms with Gasteiger partial charge in [-0.05, 0) is 48.7 Å². The van der Waals surface area contributed by atoms with Crippen molar-refractivity contribution in [2.45, 2.75) is 44.4 Å². The van der Waals surface area contributed by atoms with Gasteiger partial charge in [0.15, 0.2) is 5.13 Å². The summed E-state index contributed by atoms with van der Waals surface area (Å²) in [5.74, 6) is 2.69. The van der Waals surface area contributed by atoms with Crippen molar-refractivity contribution in [3.63, 3.8) is 0 Å².